The van der Waals surface area contributed by atoms with Crippen molar-refractivity contribution < 1.29 is 18.0 Å². The lowest BCUT2D eigenvalue weighted by Crippen LogP contribution is -2.23. The van der Waals surface area contributed by atoms with E-state index in [1.807, 2.05) is 4.57 Å². The number of allylic oxidation sites excluding steroid dienone is 1. The maximum Gasteiger partial charge on any atom is 0.237 e. The van der Waals surface area contributed by atoms with E-state index in [1.165, 1.54) is 18.7 Å². The summed E-state index contributed by atoms with van der Waals surface area (Å²) in [5, 5.41) is 14.0. The Morgan fingerprint density at radius 3 is 2.45 bits per heavy atom. The number of benzene rings is 1. The van der Waals surface area contributed by atoms with Crippen LogP contribution in [-0.4, -0.2) is 51.8 Å². The van der Waals surface area contributed by atoms with Gasteiger partial charge in [0.2, 0.25) is 11.8 Å². The van der Waals surface area contributed by atoms with Gasteiger partial charge in [0.1, 0.15) is 5.82 Å². The molecule has 11 heteroatoms. The lowest BCUT2D eigenvalue weighted by Gasteiger charge is -2.14. The van der Waals surface area contributed by atoms with Crippen molar-refractivity contribution in [3.05, 3.63) is 42.7 Å². The predicted octanol–water partition coefficient (Wildman–Crippen LogP) is 2.44. The van der Waals surface area contributed by atoms with E-state index in [0.29, 0.717) is 35.3 Å². The van der Waals surface area contributed by atoms with Crippen LogP contribution in [0, 0.1) is 0 Å². The van der Waals surface area contributed by atoms with Gasteiger partial charge in [-0.25, -0.2) is 8.42 Å². The topological polar surface area (TPSA) is 123 Å². The number of hydrogen-bond acceptors (Lipinski definition) is 7. The number of aromatic nitrogens is 3. The smallest absolute Gasteiger partial charge is 0.237 e. The summed E-state index contributed by atoms with van der Waals surface area (Å²) in [6, 6.07) is 6.83. The SMILES string of the molecule is C=CCn1c(S[C@H](C)C(=O)Nc2ccc(NC(C)=O)cc2)nnc1[C@@H]1CCS(=O)(=O)C1. The molecule has 0 aliphatic carbocycles. The Morgan fingerprint density at radius 1 is 1.26 bits per heavy atom. The zero-order valence-electron chi connectivity index (χ0n) is 17.4. The second-order valence-corrected chi connectivity index (χ2v) is 10.9. The average Bonchev–Trinajstić information content (AvgIpc) is 3.26. The summed E-state index contributed by atoms with van der Waals surface area (Å²) in [6.07, 6.45) is 2.22. The molecular formula is C20H25N5O4S2. The van der Waals surface area contributed by atoms with E-state index in [9.17, 15) is 18.0 Å². The molecule has 0 saturated carbocycles. The van der Waals surface area contributed by atoms with E-state index in [2.05, 4.69) is 27.4 Å². The molecular weight excluding hydrogens is 438 g/mol. The Balaban J connectivity index is 1.68. The van der Waals surface area contributed by atoms with Gasteiger partial charge in [0.05, 0.1) is 16.8 Å². The van der Waals surface area contributed by atoms with Gasteiger partial charge in [-0.1, -0.05) is 17.8 Å². The Hall–Kier alpha value is -2.66. The summed E-state index contributed by atoms with van der Waals surface area (Å²) >= 11 is 1.25. The number of amides is 2. The molecule has 1 fully saturated rings. The van der Waals surface area contributed by atoms with Crippen LogP contribution in [0.3, 0.4) is 0 Å². The lowest BCUT2D eigenvalue weighted by molar-refractivity contribution is -0.115. The number of rotatable bonds is 8. The molecule has 2 aromatic rings. The first-order valence-electron chi connectivity index (χ1n) is 9.78. The fourth-order valence-electron chi connectivity index (χ4n) is 3.28. The minimum atomic E-state index is -3.05. The first kappa shape index (κ1) is 23.0. The third kappa shape index (κ3) is 5.95. The molecule has 0 bridgehead atoms. The van der Waals surface area contributed by atoms with Crippen LogP contribution in [0.15, 0.2) is 42.1 Å². The van der Waals surface area contributed by atoms with Gasteiger partial charge < -0.3 is 15.2 Å². The van der Waals surface area contributed by atoms with Crippen molar-refractivity contribution in [2.45, 2.75) is 43.1 Å². The molecule has 1 aromatic heterocycles. The minimum Gasteiger partial charge on any atom is -0.326 e. The highest BCUT2D eigenvalue weighted by molar-refractivity contribution is 8.00. The molecule has 2 heterocycles. The Labute approximate surface area is 185 Å². The van der Waals surface area contributed by atoms with Crippen molar-refractivity contribution in [3.8, 4) is 0 Å². The third-order valence-electron chi connectivity index (χ3n) is 4.78. The molecule has 2 amide bonds. The summed E-state index contributed by atoms with van der Waals surface area (Å²) in [7, 11) is -3.05. The maximum absolute atomic E-state index is 12.6. The van der Waals surface area contributed by atoms with Crippen molar-refractivity contribution in [2.24, 2.45) is 0 Å². The molecule has 0 spiro atoms. The lowest BCUT2D eigenvalue weighted by atomic mass is 10.1. The number of anilines is 2. The fraction of sp³-hybridized carbons (Fsp3) is 0.400. The summed E-state index contributed by atoms with van der Waals surface area (Å²) in [4.78, 5) is 23.7. The molecule has 31 heavy (non-hydrogen) atoms. The standard InChI is InChI=1S/C20H25N5O4S2/c1-4-10-25-18(15-9-11-31(28,29)12-15)23-24-20(25)30-13(2)19(27)22-17-7-5-16(6-8-17)21-14(3)26/h4-8,13,15H,1,9-12H2,2-3H3,(H,21,26)(H,22,27)/t13-,15-/m1/s1. The predicted molar refractivity (Wildman–Crippen MR) is 121 cm³/mol. The van der Waals surface area contributed by atoms with Crippen LogP contribution in [0.4, 0.5) is 11.4 Å². The van der Waals surface area contributed by atoms with E-state index in [4.69, 9.17) is 0 Å². The molecule has 166 valence electrons. The highest BCUT2D eigenvalue weighted by atomic mass is 32.2. The van der Waals surface area contributed by atoms with Crippen LogP contribution in [-0.2, 0) is 26.0 Å². The van der Waals surface area contributed by atoms with E-state index < -0.39 is 15.1 Å². The zero-order valence-corrected chi connectivity index (χ0v) is 19.0. The van der Waals surface area contributed by atoms with Gasteiger partial charge in [0.25, 0.3) is 0 Å². The van der Waals surface area contributed by atoms with Gasteiger partial charge in [0.15, 0.2) is 15.0 Å². The molecule has 1 saturated heterocycles. The number of sulfone groups is 1. The number of nitrogens with zero attached hydrogens (tertiary/aromatic N) is 3. The van der Waals surface area contributed by atoms with Crippen LogP contribution >= 0.6 is 11.8 Å². The highest BCUT2D eigenvalue weighted by Crippen LogP contribution is 2.31. The first-order valence-corrected chi connectivity index (χ1v) is 12.5. The molecule has 2 atom stereocenters. The van der Waals surface area contributed by atoms with Gasteiger partial charge in [-0.15, -0.1) is 16.8 Å². The highest BCUT2D eigenvalue weighted by Gasteiger charge is 2.33. The third-order valence-corrected chi connectivity index (χ3v) is 7.63. The summed E-state index contributed by atoms with van der Waals surface area (Å²) in [5.41, 5.74) is 1.25. The van der Waals surface area contributed by atoms with Crippen LogP contribution in [0.1, 0.15) is 32.0 Å². The number of nitrogens with one attached hydrogen (secondary N) is 2. The van der Waals surface area contributed by atoms with Crippen LogP contribution < -0.4 is 10.6 Å². The monoisotopic (exact) mass is 463 g/mol. The largest absolute Gasteiger partial charge is 0.326 e. The molecule has 1 aliphatic heterocycles. The molecule has 2 N–H and O–H groups in total. The van der Waals surface area contributed by atoms with E-state index in [-0.39, 0.29) is 29.2 Å². The molecule has 3 rings (SSSR count). The van der Waals surface area contributed by atoms with Crippen molar-refractivity contribution in [1.82, 2.24) is 14.8 Å². The number of thioether (sulfide) groups is 1. The van der Waals surface area contributed by atoms with Crippen molar-refractivity contribution >= 4 is 44.8 Å². The van der Waals surface area contributed by atoms with Crippen molar-refractivity contribution in [3.63, 3.8) is 0 Å². The van der Waals surface area contributed by atoms with E-state index in [1.54, 1.807) is 37.3 Å². The normalized spacial score (nSPS) is 18.3. The van der Waals surface area contributed by atoms with E-state index in [0.717, 1.165) is 0 Å². The van der Waals surface area contributed by atoms with Gasteiger partial charge in [-0.05, 0) is 37.6 Å². The Kier molecular flexibility index (Phi) is 7.16. The molecule has 0 unspecified atom stereocenters. The van der Waals surface area contributed by atoms with Crippen molar-refractivity contribution in [1.29, 1.82) is 0 Å². The zero-order chi connectivity index (χ0) is 22.6. The Bertz CT molecular complexity index is 1080. The maximum atomic E-state index is 12.6. The summed E-state index contributed by atoms with van der Waals surface area (Å²) in [5.74, 6) is 0.260. The second kappa shape index (κ2) is 9.65. The van der Waals surface area contributed by atoms with Gasteiger partial charge in [-0.3, -0.25) is 9.59 Å². The number of hydrogen-bond donors (Lipinski definition) is 2. The van der Waals surface area contributed by atoms with Crippen molar-refractivity contribution in [2.75, 3.05) is 22.1 Å². The first-order chi connectivity index (χ1) is 14.7. The van der Waals surface area contributed by atoms with Gasteiger partial charge >= 0.3 is 0 Å². The summed E-state index contributed by atoms with van der Waals surface area (Å²) < 4.78 is 25.5. The van der Waals surface area contributed by atoms with Crippen LogP contribution in [0.25, 0.3) is 0 Å². The summed E-state index contributed by atoms with van der Waals surface area (Å²) in [6.45, 7) is 7.38. The van der Waals surface area contributed by atoms with E-state index >= 15 is 0 Å². The second-order valence-electron chi connectivity index (χ2n) is 7.35. The molecule has 1 aliphatic rings. The Morgan fingerprint density at radius 2 is 1.90 bits per heavy atom. The number of carbonyl (C=O) groups excluding carboxylic acids is 2. The molecule has 0 radical (unpaired) electrons. The minimum absolute atomic E-state index is 0.0669. The molecule has 1 aromatic carbocycles. The van der Waals surface area contributed by atoms with Crippen LogP contribution in [0.2, 0.25) is 0 Å². The molecule has 9 nitrogen and oxygen atoms in total. The quantitative estimate of drug-likeness (QED) is 0.455. The average molecular weight is 464 g/mol. The van der Waals surface area contributed by atoms with Gasteiger partial charge in [0, 0.05) is 30.8 Å². The fourth-order valence-corrected chi connectivity index (χ4v) is 5.89. The van der Waals surface area contributed by atoms with Crippen LogP contribution in [0.5, 0.6) is 0 Å². The van der Waals surface area contributed by atoms with Gasteiger partial charge in [-0.2, -0.15) is 0 Å². The number of carbonyl (C=O) groups is 2.